The molecule has 26 heavy (non-hydrogen) atoms. The third-order valence-corrected chi connectivity index (χ3v) is 4.74. The van der Waals surface area contributed by atoms with Crippen LogP contribution >= 0.6 is 12.4 Å². The van der Waals surface area contributed by atoms with Crippen LogP contribution in [0.5, 0.6) is 5.75 Å². The summed E-state index contributed by atoms with van der Waals surface area (Å²) in [6.45, 7) is 9.33. The van der Waals surface area contributed by atoms with Crippen LogP contribution < -0.4 is 15.4 Å². The molecule has 2 atom stereocenters. The van der Waals surface area contributed by atoms with Gasteiger partial charge in [-0.05, 0) is 56.7 Å². The van der Waals surface area contributed by atoms with Crippen molar-refractivity contribution in [1.29, 1.82) is 0 Å². The molecule has 1 amide bonds. The summed E-state index contributed by atoms with van der Waals surface area (Å²) >= 11 is 0. The van der Waals surface area contributed by atoms with Gasteiger partial charge in [0.15, 0.2) is 0 Å². The first-order valence-corrected chi connectivity index (χ1v) is 9.82. The Balaban J connectivity index is 0.00000338. The van der Waals surface area contributed by atoms with Gasteiger partial charge in [-0.2, -0.15) is 0 Å². The first-order valence-electron chi connectivity index (χ1n) is 9.82. The summed E-state index contributed by atoms with van der Waals surface area (Å²) in [4.78, 5) is 12.5. The second-order valence-electron chi connectivity index (χ2n) is 7.53. The molecule has 1 aliphatic heterocycles. The molecular formula is C21H35ClN2O2. The summed E-state index contributed by atoms with van der Waals surface area (Å²) in [5, 5.41) is 6.63. The largest absolute Gasteiger partial charge is 0.493 e. The van der Waals surface area contributed by atoms with Crippen molar-refractivity contribution < 1.29 is 9.53 Å². The van der Waals surface area contributed by atoms with E-state index in [1.807, 2.05) is 18.2 Å². The van der Waals surface area contributed by atoms with Crippen LogP contribution in [0.2, 0.25) is 0 Å². The van der Waals surface area contributed by atoms with E-state index in [1.54, 1.807) is 0 Å². The molecule has 1 fully saturated rings. The molecule has 1 heterocycles. The lowest BCUT2D eigenvalue weighted by molar-refractivity contribution is -0.122. The highest BCUT2D eigenvalue weighted by Crippen LogP contribution is 2.30. The Bertz CT molecular complexity index is 530. The van der Waals surface area contributed by atoms with Crippen molar-refractivity contribution >= 4 is 18.3 Å². The first kappa shape index (κ1) is 22.8. The lowest BCUT2D eigenvalue weighted by Crippen LogP contribution is -2.30. The van der Waals surface area contributed by atoms with Crippen molar-refractivity contribution in [2.75, 3.05) is 19.7 Å². The first-order chi connectivity index (χ1) is 12.1. The van der Waals surface area contributed by atoms with E-state index >= 15 is 0 Å². The molecular weight excluding hydrogens is 348 g/mol. The van der Waals surface area contributed by atoms with Gasteiger partial charge in [-0.3, -0.25) is 4.79 Å². The van der Waals surface area contributed by atoms with Gasteiger partial charge in [-0.15, -0.1) is 12.4 Å². The number of benzene rings is 1. The SMILES string of the molecule is CCCOc1ccccc1C(CC(C)C)NC(=O)CCC1CCNC1.Cl. The van der Waals surface area contributed by atoms with Crippen molar-refractivity contribution in [2.45, 2.75) is 58.9 Å². The number of hydrogen-bond donors (Lipinski definition) is 2. The highest BCUT2D eigenvalue weighted by atomic mass is 35.5. The third kappa shape index (κ3) is 7.55. The fraction of sp³-hybridized carbons (Fsp3) is 0.667. The number of para-hydroxylation sites is 1. The van der Waals surface area contributed by atoms with Gasteiger partial charge >= 0.3 is 0 Å². The van der Waals surface area contributed by atoms with Gasteiger partial charge in [0.1, 0.15) is 5.75 Å². The summed E-state index contributed by atoms with van der Waals surface area (Å²) < 4.78 is 5.91. The molecule has 0 spiro atoms. The minimum absolute atomic E-state index is 0. The van der Waals surface area contributed by atoms with Gasteiger partial charge in [0.25, 0.3) is 0 Å². The molecule has 148 valence electrons. The Labute approximate surface area is 164 Å². The molecule has 1 aliphatic rings. The molecule has 0 aliphatic carbocycles. The maximum atomic E-state index is 12.5. The molecule has 0 aromatic heterocycles. The summed E-state index contributed by atoms with van der Waals surface area (Å²) in [7, 11) is 0. The Hall–Kier alpha value is -1.26. The summed E-state index contributed by atoms with van der Waals surface area (Å²) in [6.07, 6.45) is 4.67. The monoisotopic (exact) mass is 382 g/mol. The highest BCUT2D eigenvalue weighted by Gasteiger charge is 2.21. The second kappa shape index (κ2) is 12.2. The number of ether oxygens (including phenoxy) is 1. The molecule has 0 bridgehead atoms. The highest BCUT2D eigenvalue weighted by molar-refractivity contribution is 5.85. The Morgan fingerprint density at radius 2 is 2.12 bits per heavy atom. The van der Waals surface area contributed by atoms with E-state index in [0.717, 1.165) is 43.7 Å². The van der Waals surface area contributed by atoms with Crippen LogP contribution in [0.3, 0.4) is 0 Å². The van der Waals surface area contributed by atoms with Crippen LogP contribution in [0.4, 0.5) is 0 Å². The van der Waals surface area contributed by atoms with Crippen LogP contribution in [0, 0.1) is 11.8 Å². The van der Waals surface area contributed by atoms with Crippen molar-refractivity contribution in [3.05, 3.63) is 29.8 Å². The number of carbonyl (C=O) groups is 1. The molecule has 4 nitrogen and oxygen atoms in total. The fourth-order valence-corrected chi connectivity index (χ4v) is 3.41. The zero-order valence-electron chi connectivity index (χ0n) is 16.4. The van der Waals surface area contributed by atoms with E-state index in [1.165, 1.54) is 6.42 Å². The van der Waals surface area contributed by atoms with E-state index in [-0.39, 0.29) is 24.4 Å². The van der Waals surface area contributed by atoms with Gasteiger partial charge in [0, 0.05) is 12.0 Å². The summed E-state index contributed by atoms with van der Waals surface area (Å²) in [5.74, 6) is 2.20. The predicted octanol–water partition coefficient (Wildman–Crippen LogP) is 4.49. The molecule has 2 N–H and O–H groups in total. The Morgan fingerprint density at radius 3 is 2.77 bits per heavy atom. The van der Waals surface area contributed by atoms with Gasteiger partial charge in [-0.25, -0.2) is 0 Å². The fourth-order valence-electron chi connectivity index (χ4n) is 3.41. The number of hydrogen-bond acceptors (Lipinski definition) is 3. The van der Waals surface area contributed by atoms with E-state index in [4.69, 9.17) is 4.74 Å². The van der Waals surface area contributed by atoms with Crippen LogP contribution in [-0.2, 0) is 4.79 Å². The van der Waals surface area contributed by atoms with Gasteiger partial charge in [0.2, 0.25) is 5.91 Å². The zero-order valence-corrected chi connectivity index (χ0v) is 17.2. The van der Waals surface area contributed by atoms with E-state index in [9.17, 15) is 4.79 Å². The smallest absolute Gasteiger partial charge is 0.220 e. The predicted molar refractivity (Wildman–Crippen MR) is 110 cm³/mol. The maximum Gasteiger partial charge on any atom is 0.220 e. The van der Waals surface area contributed by atoms with Crippen molar-refractivity contribution in [2.24, 2.45) is 11.8 Å². The van der Waals surface area contributed by atoms with E-state index in [0.29, 0.717) is 24.9 Å². The molecule has 1 aromatic carbocycles. The zero-order chi connectivity index (χ0) is 18.1. The number of rotatable bonds is 10. The lowest BCUT2D eigenvalue weighted by Gasteiger charge is -2.24. The van der Waals surface area contributed by atoms with Crippen LogP contribution in [-0.4, -0.2) is 25.6 Å². The molecule has 0 radical (unpaired) electrons. The third-order valence-electron chi connectivity index (χ3n) is 4.74. The topological polar surface area (TPSA) is 50.4 Å². The maximum absolute atomic E-state index is 12.5. The second-order valence-corrected chi connectivity index (χ2v) is 7.53. The molecule has 1 saturated heterocycles. The number of halogens is 1. The van der Waals surface area contributed by atoms with Crippen LogP contribution in [0.1, 0.15) is 64.5 Å². The van der Waals surface area contributed by atoms with E-state index < -0.39 is 0 Å². The Morgan fingerprint density at radius 1 is 1.35 bits per heavy atom. The van der Waals surface area contributed by atoms with Crippen molar-refractivity contribution in [3.8, 4) is 5.75 Å². The number of amides is 1. The normalized spacial score (nSPS) is 17.6. The van der Waals surface area contributed by atoms with E-state index in [2.05, 4.69) is 37.5 Å². The Kier molecular flexibility index (Phi) is 10.7. The number of carbonyl (C=O) groups excluding carboxylic acids is 1. The van der Waals surface area contributed by atoms with Gasteiger partial charge < -0.3 is 15.4 Å². The molecule has 2 rings (SSSR count). The summed E-state index contributed by atoms with van der Waals surface area (Å²) in [6, 6.07) is 8.13. The molecule has 5 heteroatoms. The number of nitrogens with one attached hydrogen (secondary N) is 2. The molecule has 1 aromatic rings. The quantitative estimate of drug-likeness (QED) is 0.626. The minimum atomic E-state index is 0. The summed E-state index contributed by atoms with van der Waals surface area (Å²) in [5.41, 5.74) is 1.10. The standard InChI is InChI=1S/C21H34N2O2.ClH/c1-4-13-25-20-8-6-5-7-18(20)19(14-16(2)3)23-21(24)10-9-17-11-12-22-15-17;/h5-8,16-17,19,22H,4,9-15H2,1-3H3,(H,23,24);1H. The van der Waals surface area contributed by atoms with Crippen molar-refractivity contribution in [3.63, 3.8) is 0 Å². The van der Waals surface area contributed by atoms with Crippen molar-refractivity contribution in [1.82, 2.24) is 10.6 Å². The average Bonchev–Trinajstić information content (AvgIpc) is 3.11. The lowest BCUT2D eigenvalue weighted by atomic mass is 9.95. The minimum Gasteiger partial charge on any atom is -0.493 e. The molecule has 0 saturated carbocycles. The van der Waals surface area contributed by atoms with Crippen LogP contribution in [0.25, 0.3) is 0 Å². The van der Waals surface area contributed by atoms with Crippen LogP contribution in [0.15, 0.2) is 24.3 Å². The average molecular weight is 383 g/mol. The van der Waals surface area contributed by atoms with Gasteiger partial charge in [-0.1, -0.05) is 39.0 Å². The molecule has 2 unspecified atom stereocenters. The van der Waals surface area contributed by atoms with Gasteiger partial charge in [0.05, 0.1) is 12.6 Å².